The van der Waals surface area contributed by atoms with E-state index >= 15 is 0 Å². The maximum Gasteiger partial charge on any atom is 0.261 e. The zero-order valence-electron chi connectivity index (χ0n) is 17.3. The molecule has 1 fully saturated rings. The summed E-state index contributed by atoms with van der Waals surface area (Å²) < 4.78 is 5.26. The van der Waals surface area contributed by atoms with Crippen molar-refractivity contribution in [2.45, 2.75) is 19.8 Å². The molecule has 1 aromatic carbocycles. The number of primary amides is 1. The summed E-state index contributed by atoms with van der Waals surface area (Å²) in [5.74, 6) is 0.159. The molecule has 2 amide bonds. The molecule has 166 valence electrons. The maximum absolute atomic E-state index is 13.0. The van der Waals surface area contributed by atoms with Gasteiger partial charge in [0.05, 0.1) is 27.8 Å². The lowest BCUT2D eigenvalue weighted by Gasteiger charge is -2.32. The lowest BCUT2D eigenvalue weighted by Crippen LogP contribution is -2.41. The van der Waals surface area contributed by atoms with Crippen LogP contribution in [0.5, 0.6) is 0 Å². The molecule has 3 N–H and O–H groups in total. The zero-order valence-corrected chi connectivity index (χ0v) is 18.8. The first-order valence-electron chi connectivity index (χ1n) is 10.1. The Morgan fingerprint density at radius 2 is 1.97 bits per heavy atom. The van der Waals surface area contributed by atoms with Crippen molar-refractivity contribution in [1.29, 1.82) is 0 Å². The predicted molar refractivity (Wildman–Crippen MR) is 123 cm³/mol. The van der Waals surface area contributed by atoms with E-state index in [2.05, 4.69) is 15.5 Å². The van der Waals surface area contributed by atoms with Crippen molar-refractivity contribution in [3.8, 4) is 11.3 Å². The highest BCUT2D eigenvalue weighted by Gasteiger charge is 2.26. The van der Waals surface area contributed by atoms with E-state index in [1.807, 2.05) is 4.90 Å². The van der Waals surface area contributed by atoms with Crippen LogP contribution in [-0.4, -0.2) is 35.0 Å². The Morgan fingerprint density at radius 3 is 2.62 bits per heavy atom. The minimum atomic E-state index is -0.420. The lowest BCUT2D eigenvalue weighted by molar-refractivity contribution is -0.122. The van der Waals surface area contributed by atoms with Gasteiger partial charge < -0.3 is 20.5 Å². The molecule has 0 saturated carbocycles. The minimum absolute atomic E-state index is 0.184. The van der Waals surface area contributed by atoms with Crippen molar-refractivity contribution in [3.05, 3.63) is 57.9 Å². The van der Waals surface area contributed by atoms with E-state index in [9.17, 15) is 9.59 Å². The van der Waals surface area contributed by atoms with E-state index in [1.54, 1.807) is 43.5 Å². The maximum atomic E-state index is 13.0. The van der Waals surface area contributed by atoms with Crippen LogP contribution in [0.15, 0.2) is 41.1 Å². The third-order valence-electron chi connectivity index (χ3n) is 5.44. The van der Waals surface area contributed by atoms with Crippen LogP contribution in [0.4, 0.5) is 11.5 Å². The van der Waals surface area contributed by atoms with E-state index in [-0.39, 0.29) is 23.1 Å². The monoisotopic (exact) mass is 473 g/mol. The summed E-state index contributed by atoms with van der Waals surface area (Å²) in [4.78, 5) is 31.0. The highest BCUT2D eigenvalue weighted by molar-refractivity contribution is 6.39. The molecule has 1 unspecified atom stereocenters. The summed E-state index contributed by atoms with van der Waals surface area (Å²) in [5.41, 5.74) is 6.89. The van der Waals surface area contributed by atoms with Crippen molar-refractivity contribution >= 4 is 46.5 Å². The molecule has 2 aromatic heterocycles. The van der Waals surface area contributed by atoms with Crippen LogP contribution in [0.2, 0.25) is 10.0 Å². The Morgan fingerprint density at radius 1 is 1.22 bits per heavy atom. The molecular weight excluding hydrogens is 453 g/mol. The molecule has 1 aliphatic rings. The number of carbonyl (C=O) groups is 2. The first-order valence-corrected chi connectivity index (χ1v) is 10.8. The number of rotatable bonds is 5. The van der Waals surface area contributed by atoms with Gasteiger partial charge >= 0.3 is 0 Å². The first kappa shape index (κ1) is 22.1. The number of anilines is 2. The van der Waals surface area contributed by atoms with Crippen molar-refractivity contribution in [3.63, 3.8) is 0 Å². The Kier molecular flexibility index (Phi) is 6.34. The fourth-order valence-electron chi connectivity index (χ4n) is 3.79. The largest absolute Gasteiger partial charge is 0.369 e. The number of pyridine rings is 1. The molecule has 0 bridgehead atoms. The molecule has 1 saturated heterocycles. The van der Waals surface area contributed by atoms with E-state index in [1.165, 1.54) is 0 Å². The summed E-state index contributed by atoms with van der Waals surface area (Å²) in [6, 6.07) is 8.59. The highest BCUT2D eigenvalue weighted by atomic mass is 35.5. The molecule has 3 aromatic rings. The fraction of sp³-hybridized carbons (Fsp3) is 0.273. The summed E-state index contributed by atoms with van der Waals surface area (Å²) in [6.45, 7) is 2.98. The number of hydrogen-bond acceptors (Lipinski definition) is 6. The average Bonchev–Trinajstić information content (AvgIpc) is 3.15. The number of aromatic nitrogens is 2. The molecule has 0 radical (unpaired) electrons. The molecule has 1 atom stereocenters. The summed E-state index contributed by atoms with van der Waals surface area (Å²) >= 11 is 12.6. The zero-order chi connectivity index (χ0) is 22.8. The molecule has 10 heteroatoms. The molecule has 1 aliphatic heterocycles. The number of hydrogen-bond donors (Lipinski definition) is 2. The van der Waals surface area contributed by atoms with E-state index in [0.29, 0.717) is 33.6 Å². The molecule has 0 spiro atoms. The predicted octanol–water partition coefficient (Wildman–Crippen LogP) is 4.31. The molecule has 32 heavy (non-hydrogen) atoms. The lowest BCUT2D eigenvalue weighted by atomic mass is 9.97. The van der Waals surface area contributed by atoms with E-state index < -0.39 is 5.91 Å². The summed E-state index contributed by atoms with van der Waals surface area (Å²) in [5, 5.41) is 7.54. The van der Waals surface area contributed by atoms with Gasteiger partial charge in [0.25, 0.3) is 5.91 Å². The first-order chi connectivity index (χ1) is 15.3. The van der Waals surface area contributed by atoms with Crippen molar-refractivity contribution in [2.75, 3.05) is 23.3 Å². The third-order valence-corrected chi connectivity index (χ3v) is 6.07. The number of carbonyl (C=O) groups excluding carboxylic acids is 2. The van der Waals surface area contributed by atoms with E-state index in [4.69, 9.17) is 33.5 Å². The second-order valence-corrected chi connectivity index (χ2v) is 8.42. The van der Waals surface area contributed by atoms with Crippen LogP contribution in [0.3, 0.4) is 0 Å². The quantitative estimate of drug-likeness (QED) is 0.570. The van der Waals surface area contributed by atoms with Crippen LogP contribution in [-0.2, 0) is 4.79 Å². The Hall–Kier alpha value is -3.10. The smallest absolute Gasteiger partial charge is 0.261 e. The molecule has 8 nitrogen and oxygen atoms in total. The molecule has 4 rings (SSSR count). The number of aryl methyl sites for hydroxylation is 1. The summed E-state index contributed by atoms with van der Waals surface area (Å²) in [7, 11) is 0. The number of nitrogens with two attached hydrogens (primary N) is 1. The highest BCUT2D eigenvalue weighted by Crippen LogP contribution is 2.37. The van der Waals surface area contributed by atoms with Gasteiger partial charge in [-0.3, -0.25) is 9.59 Å². The van der Waals surface area contributed by atoms with Crippen LogP contribution in [0.1, 0.15) is 29.0 Å². The van der Waals surface area contributed by atoms with Crippen LogP contribution < -0.4 is 16.0 Å². The van der Waals surface area contributed by atoms with Crippen molar-refractivity contribution in [1.82, 2.24) is 10.1 Å². The van der Waals surface area contributed by atoms with Gasteiger partial charge in [-0.15, -0.1) is 0 Å². The Balaban J connectivity index is 1.53. The van der Waals surface area contributed by atoms with Gasteiger partial charge in [-0.2, -0.15) is 0 Å². The van der Waals surface area contributed by atoms with E-state index in [0.717, 1.165) is 25.2 Å². The van der Waals surface area contributed by atoms with Crippen LogP contribution in [0.25, 0.3) is 11.3 Å². The molecule has 3 heterocycles. The van der Waals surface area contributed by atoms with Gasteiger partial charge in [0, 0.05) is 18.7 Å². The van der Waals surface area contributed by atoms with Crippen LogP contribution >= 0.6 is 23.2 Å². The fourth-order valence-corrected chi connectivity index (χ4v) is 4.37. The molecular formula is C22H21Cl2N5O3. The number of nitrogens with zero attached hydrogens (tertiary/aromatic N) is 3. The SMILES string of the molecule is Cc1onc(-c2c(Cl)cccc2Cl)c1C(=O)Nc1ccc(N2CCCC(C(N)=O)C2)nc1. The van der Waals surface area contributed by atoms with Gasteiger partial charge in [-0.1, -0.05) is 34.4 Å². The topological polar surface area (TPSA) is 114 Å². The average molecular weight is 474 g/mol. The minimum Gasteiger partial charge on any atom is -0.369 e. The third kappa shape index (κ3) is 4.42. The number of amides is 2. The van der Waals surface area contributed by atoms with Crippen molar-refractivity contribution < 1.29 is 14.1 Å². The van der Waals surface area contributed by atoms with Crippen molar-refractivity contribution in [2.24, 2.45) is 11.7 Å². The Bertz CT molecular complexity index is 1140. The standard InChI is InChI=1S/C22H21Cl2N5O3/c1-12-18(20(28-32-12)19-15(23)5-2-6-16(19)24)22(31)27-14-7-8-17(26-10-14)29-9-3-4-13(11-29)21(25)30/h2,5-8,10,13H,3-4,9,11H2,1H3,(H2,25,30)(H,27,31). The van der Waals surface area contributed by atoms with Gasteiger partial charge in [0.1, 0.15) is 22.8 Å². The normalized spacial score (nSPS) is 16.1. The van der Waals surface area contributed by atoms with Gasteiger partial charge in [-0.05, 0) is 44.0 Å². The van der Waals surface area contributed by atoms with Gasteiger partial charge in [0.2, 0.25) is 5.91 Å². The number of nitrogens with one attached hydrogen (secondary N) is 1. The second-order valence-electron chi connectivity index (χ2n) is 7.61. The number of piperidine rings is 1. The Labute approximate surface area is 194 Å². The van der Waals surface area contributed by atoms with Gasteiger partial charge in [-0.25, -0.2) is 4.98 Å². The second kappa shape index (κ2) is 9.18. The number of halogens is 2. The van der Waals surface area contributed by atoms with Gasteiger partial charge in [0.15, 0.2) is 0 Å². The number of benzene rings is 1. The summed E-state index contributed by atoms with van der Waals surface area (Å²) in [6.07, 6.45) is 3.22. The molecule has 0 aliphatic carbocycles. The van der Waals surface area contributed by atoms with Crippen LogP contribution in [0, 0.1) is 12.8 Å².